The molecule has 4 aliphatic rings. The Morgan fingerprint density at radius 3 is 2.62 bits per heavy atom. The third-order valence-electron chi connectivity index (χ3n) is 8.70. The van der Waals surface area contributed by atoms with Crippen LogP contribution in [0.2, 0.25) is 0 Å². The third-order valence-corrected chi connectivity index (χ3v) is 8.70. The minimum atomic E-state index is -0.965. The molecule has 3 saturated carbocycles. The summed E-state index contributed by atoms with van der Waals surface area (Å²) in [7, 11) is 0. The Labute approximate surface area is 172 Å². The number of carbonyl (C=O) groups excluding carboxylic acids is 1. The molecule has 0 aromatic rings. The number of fused-ring (bicyclic) bond motifs is 5. The molecule has 0 bridgehead atoms. The molecule has 4 rings (SSSR count). The molecule has 0 aromatic carbocycles. The summed E-state index contributed by atoms with van der Waals surface area (Å²) >= 11 is 0. The van der Waals surface area contributed by atoms with Gasteiger partial charge in [-0.15, -0.1) is 0 Å². The normalized spacial score (nSPS) is 42.4. The fraction of sp³-hybridized carbons (Fsp3) is 0.783. The number of allylic oxidation sites excluding steroid dienone is 1. The van der Waals surface area contributed by atoms with E-state index < -0.39 is 5.97 Å². The summed E-state index contributed by atoms with van der Waals surface area (Å²) in [5.41, 5.74) is 5.44. The van der Waals surface area contributed by atoms with Crippen LogP contribution in [0.5, 0.6) is 0 Å². The molecule has 160 valence electrons. The second kappa shape index (κ2) is 7.53. The van der Waals surface area contributed by atoms with Crippen LogP contribution >= 0.6 is 0 Å². The fourth-order valence-corrected chi connectivity index (χ4v) is 7.02. The molecular formula is C23H34N2O4. The molecule has 3 fully saturated rings. The van der Waals surface area contributed by atoms with E-state index in [0.717, 1.165) is 50.7 Å². The van der Waals surface area contributed by atoms with Crippen LogP contribution < -0.4 is 5.43 Å². The van der Waals surface area contributed by atoms with Gasteiger partial charge in [0.1, 0.15) is 0 Å². The van der Waals surface area contributed by atoms with Crippen molar-refractivity contribution in [2.24, 2.45) is 33.7 Å². The molecule has 0 aromatic heterocycles. The van der Waals surface area contributed by atoms with Crippen LogP contribution in [0.1, 0.15) is 78.1 Å². The lowest BCUT2D eigenvalue weighted by atomic mass is 9.48. The Hall–Kier alpha value is -1.69. The minimum Gasteiger partial charge on any atom is -0.481 e. The van der Waals surface area contributed by atoms with Crippen LogP contribution in [-0.4, -0.2) is 33.9 Å². The van der Waals surface area contributed by atoms with Crippen molar-refractivity contribution in [2.75, 3.05) is 0 Å². The van der Waals surface area contributed by atoms with E-state index in [1.807, 2.05) is 0 Å². The van der Waals surface area contributed by atoms with Crippen molar-refractivity contribution in [1.29, 1.82) is 0 Å². The summed E-state index contributed by atoms with van der Waals surface area (Å²) in [6.07, 6.45) is 10.3. The van der Waals surface area contributed by atoms with Crippen molar-refractivity contribution < 1.29 is 19.8 Å². The molecule has 29 heavy (non-hydrogen) atoms. The Morgan fingerprint density at radius 1 is 1.14 bits per heavy atom. The molecule has 4 aliphatic carbocycles. The average Bonchev–Trinajstić information content (AvgIpc) is 3.01. The zero-order valence-electron chi connectivity index (χ0n) is 17.6. The highest BCUT2D eigenvalue weighted by Crippen LogP contribution is 2.64. The highest BCUT2D eigenvalue weighted by molar-refractivity contribution is 5.93. The molecular weight excluding hydrogens is 368 g/mol. The number of aliphatic hydroxyl groups excluding tert-OH is 1. The molecule has 0 spiro atoms. The van der Waals surface area contributed by atoms with Gasteiger partial charge in [0, 0.05) is 17.5 Å². The largest absolute Gasteiger partial charge is 0.481 e. The molecule has 3 N–H and O–H groups in total. The summed E-state index contributed by atoms with van der Waals surface area (Å²) in [5.74, 6) is 0.620. The van der Waals surface area contributed by atoms with Gasteiger partial charge in [0.2, 0.25) is 5.91 Å². The topological polar surface area (TPSA) is 99.0 Å². The number of amides is 1. The summed E-state index contributed by atoms with van der Waals surface area (Å²) in [4.78, 5) is 22.6. The number of aliphatic hydroxyl groups is 1. The molecule has 0 saturated heterocycles. The minimum absolute atomic E-state index is 0.0249. The molecule has 0 aliphatic heterocycles. The predicted octanol–water partition coefficient (Wildman–Crippen LogP) is 3.65. The van der Waals surface area contributed by atoms with Crippen LogP contribution in [-0.2, 0) is 9.59 Å². The molecule has 6 nitrogen and oxygen atoms in total. The van der Waals surface area contributed by atoms with Crippen LogP contribution in [0.4, 0.5) is 0 Å². The van der Waals surface area contributed by atoms with Gasteiger partial charge in [-0.3, -0.25) is 9.59 Å². The first-order valence-corrected chi connectivity index (χ1v) is 11.2. The second-order valence-electron chi connectivity index (χ2n) is 10.1. The van der Waals surface area contributed by atoms with Gasteiger partial charge in [0.15, 0.2) is 0 Å². The van der Waals surface area contributed by atoms with E-state index in [1.165, 1.54) is 12.0 Å². The zero-order valence-corrected chi connectivity index (χ0v) is 17.6. The van der Waals surface area contributed by atoms with Crippen molar-refractivity contribution >= 4 is 17.6 Å². The first-order valence-electron chi connectivity index (χ1n) is 11.2. The Morgan fingerprint density at radius 2 is 1.86 bits per heavy atom. The highest BCUT2D eigenvalue weighted by atomic mass is 16.4. The zero-order chi connectivity index (χ0) is 20.8. The number of nitrogens with zero attached hydrogens (tertiary/aromatic N) is 1. The molecule has 0 radical (unpaired) electrons. The fourth-order valence-electron chi connectivity index (χ4n) is 7.02. The van der Waals surface area contributed by atoms with Gasteiger partial charge in [-0.05, 0) is 74.5 Å². The number of hydrogen-bond donors (Lipinski definition) is 3. The number of aliphatic carboxylic acids is 1. The van der Waals surface area contributed by atoms with E-state index in [-0.39, 0.29) is 35.7 Å². The number of carboxylic acid groups (broad SMARTS) is 1. The van der Waals surface area contributed by atoms with Gasteiger partial charge in [0.05, 0.1) is 12.5 Å². The number of carboxylic acids is 1. The van der Waals surface area contributed by atoms with Gasteiger partial charge < -0.3 is 10.2 Å². The average molecular weight is 403 g/mol. The van der Waals surface area contributed by atoms with Gasteiger partial charge in [-0.1, -0.05) is 25.5 Å². The first-order chi connectivity index (χ1) is 13.7. The van der Waals surface area contributed by atoms with Crippen LogP contribution in [0, 0.1) is 28.6 Å². The number of nitrogens with one attached hydrogen (secondary N) is 1. The Balaban J connectivity index is 1.49. The summed E-state index contributed by atoms with van der Waals surface area (Å²) in [5, 5.41) is 23.3. The quantitative estimate of drug-likeness (QED) is 0.494. The maximum atomic E-state index is 11.9. The monoisotopic (exact) mass is 402 g/mol. The smallest absolute Gasteiger partial charge is 0.303 e. The van der Waals surface area contributed by atoms with Gasteiger partial charge in [-0.25, -0.2) is 5.43 Å². The lowest BCUT2D eigenvalue weighted by Gasteiger charge is -2.57. The van der Waals surface area contributed by atoms with E-state index in [0.29, 0.717) is 17.8 Å². The molecule has 6 atom stereocenters. The van der Waals surface area contributed by atoms with Crippen molar-refractivity contribution in [3.05, 3.63) is 11.6 Å². The number of carbonyl (C=O) groups is 2. The summed E-state index contributed by atoms with van der Waals surface area (Å²) in [6, 6.07) is 0. The lowest BCUT2D eigenvalue weighted by molar-refractivity contribution is -0.138. The van der Waals surface area contributed by atoms with Gasteiger partial charge >= 0.3 is 5.97 Å². The molecule has 0 unspecified atom stereocenters. The van der Waals surface area contributed by atoms with Gasteiger partial charge in [0.25, 0.3) is 0 Å². The first kappa shape index (κ1) is 20.6. The second-order valence-corrected chi connectivity index (χ2v) is 10.1. The van der Waals surface area contributed by atoms with Crippen LogP contribution in [0.25, 0.3) is 0 Å². The lowest BCUT2D eigenvalue weighted by Crippen LogP contribution is -2.50. The molecule has 6 heteroatoms. The standard InChI is InChI=1S/C23H34N2O4/c1-22-11-9-15(26)13-14(22)3-4-16-17-5-6-19(23(17,2)12-10-18(16)22)24-25-20(27)7-8-21(28)29/h3,15-18,26H,4-13H2,1-2H3,(H,25,27)(H,28,29)/b24-19-/t15-,16-,17-,18-,22+,23+/m1/s1. The summed E-state index contributed by atoms with van der Waals surface area (Å²) < 4.78 is 0. The molecule has 1 amide bonds. The van der Waals surface area contributed by atoms with E-state index in [9.17, 15) is 14.7 Å². The van der Waals surface area contributed by atoms with E-state index >= 15 is 0 Å². The number of hydrogen-bond acceptors (Lipinski definition) is 4. The van der Waals surface area contributed by atoms with Crippen molar-refractivity contribution in [3.8, 4) is 0 Å². The number of rotatable bonds is 4. The third kappa shape index (κ3) is 3.54. The predicted molar refractivity (Wildman–Crippen MR) is 110 cm³/mol. The van der Waals surface area contributed by atoms with Crippen molar-refractivity contribution in [3.63, 3.8) is 0 Å². The van der Waals surface area contributed by atoms with E-state index in [4.69, 9.17) is 5.11 Å². The maximum Gasteiger partial charge on any atom is 0.303 e. The highest BCUT2D eigenvalue weighted by Gasteiger charge is 2.57. The van der Waals surface area contributed by atoms with E-state index in [2.05, 4.69) is 30.5 Å². The van der Waals surface area contributed by atoms with Gasteiger partial charge in [-0.2, -0.15) is 5.10 Å². The molecule has 0 heterocycles. The Kier molecular flexibility index (Phi) is 5.34. The summed E-state index contributed by atoms with van der Waals surface area (Å²) in [6.45, 7) is 4.74. The Bertz CT molecular complexity index is 760. The van der Waals surface area contributed by atoms with Crippen LogP contribution in [0.15, 0.2) is 16.8 Å². The van der Waals surface area contributed by atoms with Crippen LogP contribution in [0.3, 0.4) is 0 Å². The van der Waals surface area contributed by atoms with E-state index in [1.54, 1.807) is 0 Å². The van der Waals surface area contributed by atoms with Crippen molar-refractivity contribution in [2.45, 2.75) is 84.2 Å². The van der Waals surface area contributed by atoms with Crippen molar-refractivity contribution in [1.82, 2.24) is 5.43 Å². The SMILES string of the molecule is C[C@]12CC[C@@H](O)CC1=CC[C@H]1[C@H]2CC[C@]2(C)/C(=N\NC(=O)CCC(=O)O)CC[C@H]12. The maximum absolute atomic E-state index is 11.9. The number of hydrazone groups is 1.